The Kier molecular flexibility index (Phi) is 7.58. The molecule has 1 saturated carbocycles. The molecule has 0 radical (unpaired) electrons. The Hall–Kier alpha value is -2.95. The van der Waals surface area contributed by atoms with E-state index in [9.17, 15) is 14.4 Å². The van der Waals surface area contributed by atoms with Gasteiger partial charge in [0.2, 0.25) is 0 Å². The van der Waals surface area contributed by atoms with Gasteiger partial charge in [0.25, 0.3) is 17.7 Å². The zero-order chi connectivity index (χ0) is 23.2. The van der Waals surface area contributed by atoms with Crippen molar-refractivity contribution in [3.8, 4) is 0 Å². The number of rotatable bonds is 3. The molecule has 1 heterocycles. The fourth-order valence-corrected chi connectivity index (χ4v) is 4.89. The smallest absolute Gasteiger partial charge is 0.266 e. The van der Waals surface area contributed by atoms with Crippen LogP contribution in [0, 0.1) is 6.92 Å². The minimum absolute atomic E-state index is 0.159. The van der Waals surface area contributed by atoms with Crippen molar-refractivity contribution in [2.75, 3.05) is 4.90 Å². The lowest BCUT2D eigenvalue weighted by molar-refractivity contribution is 0.0919. The largest absolute Gasteiger partial charge is 0.349 e. The highest BCUT2D eigenvalue weighted by Crippen LogP contribution is 2.29. The summed E-state index contributed by atoms with van der Waals surface area (Å²) in [5, 5.41) is 3.20. The highest BCUT2D eigenvalue weighted by atomic mass is 16.2. The van der Waals surface area contributed by atoms with E-state index in [4.69, 9.17) is 0 Å². The van der Waals surface area contributed by atoms with Crippen LogP contribution in [-0.2, 0) is 0 Å². The molecule has 2 aromatic rings. The topological polar surface area (TPSA) is 66.5 Å². The van der Waals surface area contributed by atoms with E-state index >= 15 is 0 Å². The van der Waals surface area contributed by atoms with Crippen LogP contribution in [0.15, 0.2) is 42.5 Å². The van der Waals surface area contributed by atoms with Gasteiger partial charge in [0.1, 0.15) is 0 Å². The molecule has 2 aliphatic rings. The molecule has 1 N–H and O–H groups in total. The van der Waals surface area contributed by atoms with Crippen LogP contribution in [-0.4, -0.2) is 23.8 Å². The van der Waals surface area contributed by atoms with Gasteiger partial charge in [0.05, 0.1) is 16.8 Å². The molecule has 4 rings (SSSR count). The molecule has 0 spiro atoms. The maximum Gasteiger partial charge on any atom is 0.266 e. The second-order valence-electron chi connectivity index (χ2n) is 9.47. The third-order valence-electron chi connectivity index (χ3n) is 6.88. The normalized spacial score (nSPS) is 18.4. The van der Waals surface area contributed by atoms with Crippen molar-refractivity contribution in [1.82, 2.24) is 5.32 Å². The standard InChI is InChI=1S/C28H34N2O3/c1-20-13-16-23(17-14-20)30-27(32)24-18-15-21(19-25(24)28(30)33)26(31)29-22-11-9-7-5-3-2-4-6-8-10-12-22/h13-19,22H,2-12H2,1H3,(H,29,31). The molecule has 0 unspecified atom stereocenters. The first-order valence-electron chi connectivity index (χ1n) is 12.4. The van der Waals surface area contributed by atoms with Crippen LogP contribution in [0.4, 0.5) is 5.69 Å². The quantitative estimate of drug-likeness (QED) is 0.571. The number of hydrogen-bond acceptors (Lipinski definition) is 3. The fourth-order valence-electron chi connectivity index (χ4n) is 4.89. The Balaban J connectivity index is 1.46. The maximum absolute atomic E-state index is 13.0. The van der Waals surface area contributed by atoms with Crippen LogP contribution in [0.2, 0.25) is 0 Å². The number of hydrogen-bond donors (Lipinski definition) is 1. The number of imide groups is 1. The SMILES string of the molecule is Cc1ccc(N2C(=O)c3ccc(C(=O)NC4CCCCCCCCCCC4)cc3C2=O)cc1. The number of aryl methyl sites for hydroxylation is 1. The van der Waals surface area contributed by atoms with E-state index in [0.717, 1.165) is 31.2 Å². The number of carbonyl (C=O) groups excluding carboxylic acids is 3. The van der Waals surface area contributed by atoms with Gasteiger partial charge in [-0.25, -0.2) is 4.90 Å². The molecular formula is C28H34N2O3. The molecule has 0 aromatic heterocycles. The van der Waals surface area contributed by atoms with Crippen LogP contribution >= 0.6 is 0 Å². The zero-order valence-electron chi connectivity index (χ0n) is 19.6. The van der Waals surface area contributed by atoms with Crippen molar-refractivity contribution < 1.29 is 14.4 Å². The Bertz CT molecular complexity index is 1000. The summed E-state index contributed by atoms with van der Waals surface area (Å²) >= 11 is 0. The van der Waals surface area contributed by atoms with Crippen molar-refractivity contribution in [2.45, 2.75) is 83.6 Å². The minimum atomic E-state index is -0.375. The number of nitrogens with one attached hydrogen (secondary N) is 1. The number of anilines is 1. The number of fused-ring (bicyclic) bond motifs is 1. The summed E-state index contributed by atoms with van der Waals surface area (Å²) in [6, 6.07) is 12.3. The van der Waals surface area contributed by atoms with Crippen molar-refractivity contribution in [3.63, 3.8) is 0 Å². The second-order valence-corrected chi connectivity index (χ2v) is 9.47. The molecule has 0 atom stereocenters. The molecule has 3 amide bonds. The molecule has 5 nitrogen and oxygen atoms in total. The number of nitrogens with zero attached hydrogens (tertiary/aromatic N) is 1. The molecule has 5 heteroatoms. The molecule has 0 saturated heterocycles. The van der Waals surface area contributed by atoms with E-state index in [1.165, 1.54) is 49.8 Å². The summed E-state index contributed by atoms with van der Waals surface area (Å²) in [7, 11) is 0. The molecule has 1 aliphatic heterocycles. The lowest BCUT2D eigenvalue weighted by Gasteiger charge is -2.20. The van der Waals surface area contributed by atoms with Gasteiger partial charge in [-0.3, -0.25) is 14.4 Å². The van der Waals surface area contributed by atoms with Crippen LogP contribution in [0.3, 0.4) is 0 Å². The predicted octanol–water partition coefficient (Wildman–Crippen LogP) is 6.20. The van der Waals surface area contributed by atoms with Crippen molar-refractivity contribution in [3.05, 3.63) is 64.7 Å². The van der Waals surface area contributed by atoms with E-state index in [1.54, 1.807) is 30.3 Å². The van der Waals surface area contributed by atoms with Gasteiger partial charge in [-0.15, -0.1) is 0 Å². The molecule has 1 fully saturated rings. The Morgan fingerprint density at radius 2 is 1.30 bits per heavy atom. The van der Waals surface area contributed by atoms with E-state index in [2.05, 4.69) is 5.32 Å². The van der Waals surface area contributed by atoms with E-state index in [-0.39, 0.29) is 23.8 Å². The minimum Gasteiger partial charge on any atom is -0.349 e. The van der Waals surface area contributed by atoms with Gasteiger partial charge in [-0.1, -0.05) is 75.5 Å². The van der Waals surface area contributed by atoms with Crippen LogP contribution in [0.25, 0.3) is 0 Å². The second kappa shape index (κ2) is 10.8. The van der Waals surface area contributed by atoms with Crippen LogP contribution in [0.5, 0.6) is 0 Å². The van der Waals surface area contributed by atoms with Crippen LogP contribution in [0.1, 0.15) is 107 Å². The highest BCUT2D eigenvalue weighted by Gasteiger charge is 2.37. The zero-order valence-corrected chi connectivity index (χ0v) is 19.6. The van der Waals surface area contributed by atoms with Gasteiger partial charge in [-0.05, 0) is 50.1 Å². The summed E-state index contributed by atoms with van der Waals surface area (Å²) in [5.41, 5.74) is 2.69. The predicted molar refractivity (Wildman–Crippen MR) is 131 cm³/mol. The number of benzene rings is 2. The van der Waals surface area contributed by atoms with Crippen LogP contribution < -0.4 is 10.2 Å². The first-order chi connectivity index (χ1) is 16.0. The average Bonchev–Trinajstić information content (AvgIpc) is 3.06. The number of amides is 3. The molecule has 2 aromatic carbocycles. The summed E-state index contributed by atoms with van der Waals surface area (Å²) < 4.78 is 0. The molecule has 0 bridgehead atoms. The Labute approximate surface area is 196 Å². The summed E-state index contributed by atoms with van der Waals surface area (Å²) in [5.74, 6) is -0.881. The first-order valence-corrected chi connectivity index (χ1v) is 12.4. The van der Waals surface area contributed by atoms with E-state index < -0.39 is 0 Å². The maximum atomic E-state index is 13.0. The summed E-state index contributed by atoms with van der Waals surface area (Å²) in [6.07, 6.45) is 13.2. The first kappa shape index (κ1) is 23.2. The van der Waals surface area contributed by atoms with Gasteiger partial charge in [0, 0.05) is 11.6 Å². The molecular weight excluding hydrogens is 412 g/mol. The molecule has 33 heavy (non-hydrogen) atoms. The van der Waals surface area contributed by atoms with E-state index in [1.807, 2.05) is 19.1 Å². The van der Waals surface area contributed by atoms with Gasteiger partial charge in [0.15, 0.2) is 0 Å². The lowest BCUT2D eigenvalue weighted by atomic mass is 9.97. The van der Waals surface area contributed by atoms with Gasteiger partial charge < -0.3 is 5.32 Å². The van der Waals surface area contributed by atoms with Gasteiger partial charge in [-0.2, -0.15) is 0 Å². The lowest BCUT2D eigenvalue weighted by Crippen LogP contribution is -2.35. The summed E-state index contributed by atoms with van der Waals surface area (Å²) in [4.78, 5) is 40.2. The van der Waals surface area contributed by atoms with Crippen molar-refractivity contribution in [2.24, 2.45) is 0 Å². The third kappa shape index (κ3) is 5.52. The third-order valence-corrected chi connectivity index (χ3v) is 6.88. The van der Waals surface area contributed by atoms with Crippen molar-refractivity contribution in [1.29, 1.82) is 0 Å². The molecule has 1 aliphatic carbocycles. The van der Waals surface area contributed by atoms with Gasteiger partial charge >= 0.3 is 0 Å². The Morgan fingerprint density at radius 3 is 1.91 bits per heavy atom. The highest BCUT2D eigenvalue weighted by molar-refractivity contribution is 6.34. The monoisotopic (exact) mass is 446 g/mol. The Morgan fingerprint density at radius 1 is 0.758 bits per heavy atom. The summed E-state index contributed by atoms with van der Waals surface area (Å²) in [6.45, 7) is 1.96. The molecule has 174 valence electrons. The number of carbonyl (C=O) groups is 3. The fraction of sp³-hybridized carbons (Fsp3) is 0.464. The van der Waals surface area contributed by atoms with Crippen molar-refractivity contribution >= 4 is 23.4 Å². The van der Waals surface area contributed by atoms with E-state index in [0.29, 0.717) is 22.4 Å². The average molecular weight is 447 g/mol.